The molecule has 0 aliphatic carbocycles. The lowest BCUT2D eigenvalue weighted by Gasteiger charge is -2.13. The Bertz CT molecular complexity index is 851. The molecule has 1 N–H and O–H groups in total. The van der Waals surface area contributed by atoms with Gasteiger partial charge >= 0.3 is 12.0 Å². The number of nitro groups is 4. The van der Waals surface area contributed by atoms with E-state index < -0.39 is 43.2 Å². The first-order valence-electron chi connectivity index (χ1n) is 6.09. The fourth-order valence-corrected chi connectivity index (χ4v) is 1.75. The van der Waals surface area contributed by atoms with Crippen molar-refractivity contribution in [2.75, 3.05) is 5.32 Å². The number of aryl methyl sites for hydroxylation is 1. The van der Waals surface area contributed by atoms with Gasteiger partial charge in [-0.25, -0.2) is 4.63 Å². The third-order valence-electron chi connectivity index (χ3n) is 2.89. The summed E-state index contributed by atoms with van der Waals surface area (Å²) in [6, 6.07) is 0. The summed E-state index contributed by atoms with van der Waals surface area (Å²) in [5, 5.41) is 55.6. The molecular formula is C7H5N9O10. The maximum atomic E-state index is 11.1. The lowest BCUT2D eigenvalue weighted by molar-refractivity contribution is -0.992. The fraction of sp³-hybridized carbons (Fsp3) is 0.429. The Labute approximate surface area is 138 Å². The monoisotopic (exact) mass is 375 g/mol. The van der Waals surface area contributed by atoms with Gasteiger partial charge in [-0.1, -0.05) is 5.16 Å². The van der Waals surface area contributed by atoms with Gasteiger partial charge < -0.3 is 4.52 Å². The molecule has 26 heavy (non-hydrogen) atoms. The molecule has 2 aromatic heterocycles. The van der Waals surface area contributed by atoms with Crippen LogP contribution in [0.25, 0.3) is 11.5 Å². The minimum absolute atomic E-state index is 0.0231. The topological polar surface area (TPSA) is 262 Å². The van der Waals surface area contributed by atoms with Crippen molar-refractivity contribution in [3.63, 3.8) is 0 Å². The van der Waals surface area contributed by atoms with Crippen LogP contribution in [-0.4, -0.2) is 52.1 Å². The second-order valence-corrected chi connectivity index (χ2v) is 4.39. The summed E-state index contributed by atoms with van der Waals surface area (Å²) in [5.74, 6) is -5.58. The van der Waals surface area contributed by atoms with Gasteiger partial charge in [0.05, 0.1) is 4.92 Å². The van der Waals surface area contributed by atoms with Gasteiger partial charge in [0, 0.05) is 6.92 Å². The predicted molar refractivity (Wildman–Crippen MR) is 70.4 cm³/mol. The average molecular weight is 375 g/mol. The van der Waals surface area contributed by atoms with E-state index in [4.69, 9.17) is 0 Å². The first kappa shape index (κ1) is 18.0. The van der Waals surface area contributed by atoms with Gasteiger partial charge in [-0.3, -0.25) is 45.8 Å². The number of hydrogen-bond donors (Lipinski definition) is 1. The van der Waals surface area contributed by atoms with E-state index in [1.54, 1.807) is 5.32 Å². The minimum Gasteiger partial charge on any atom is -0.339 e. The minimum atomic E-state index is -4.47. The van der Waals surface area contributed by atoms with Crippen LogP contribution >= 0.6 is 0 Å². The van der Waals surface area contributed by atoms with Crippen molar-refractivity contribution in [3.05, 3.63) is 46.3 Å². The van der Waals surface area contributed by atoms with E-state index in [0.29, 0.717) is 0 Å². The Balaban J connectivity index is 2.55. The van der Waals surface area contributed by atoms with Gasteiger partial charge in [-0.15, -0.1) is 0 Å². The number of anilines is 1. The van der Waals surface area contributed by atoms with E-state index >= 15 is 0 Å². The molecule has 0 aliphatic heterocycles. The van der Waals surface area contributed by atoms with Gasteiger partial charge in [0.15, 0.2) is 20.5 Å². The second-order valence-electron chi connectivity index (χ2n) is 4.39. The van der Waals surface area contributed by atoms with Crippen LogP contribution in [0.3, 0.4) is 0 Å². The van der Waals surface area contributed by atoms with E-state index in [2.05, 4.69) is 29.6 Å². The number of hydrogen-bond acceptors (Lipinski definition) is 15. The Morgan fingerprint density at radius 1 is 1.00 bits per heavy atom. The van der Waals surface area contributed by atoms with Crippen LogP contribution in [0.1, 0.15) is 5.89 Å². The number of nitrogens with zero attached hydrogens (tertiary/aromatic N) is 8. The van der Waals surface area contributed by atoms with Crippen LogP contribution in [0.4, 0.5) is 5.82 Å². The van der Waals surface area contributed by atoms with E-state index in [1.165, 1.54) is 6.92 Å². The first-order valence-corrected chi connectivity index (χ1v) is 6.09. The zero-order valence-electron chi connectivity index (χ0n) is 12.2. The van der Waals surface area contributed by atoms with Crippen molar-refractivity contribution in [3.8, 4) is 11.5 Å². The SMILES string of the molecule is Cc1nc(-c2nonc2NC([N+](=O)[O-])C([N+](=O)[O-])([N+](=O)[O-])[N+](=O)[O-])no1. The summed E-state index contributed by atoms with van der Waals surface area (Å²) in [5.41, 5.74) is -0.488. The molecule has 0 saturated carbocycles. The Morgan fingerprint density at radius 3 is 2.00 bits per heavy atom. The number of rotatable bonds is 8. The highest BCUT2D eigenvalue weighted by Crippen LogP contribution is 2.26. The highest BCUT2D eigenvalue weighted by atomic mass is 16.7. The molecule has 2 aromatic rings. The molecule has 0 amide bonds. The van der Waals surface area contributed by atoms with Gasteiger partial charge in [0.1, 0.15) is 0 Å². The molecule has 0 spiro atoms. The third kappa shape index (κ3) is 2.67. The van der Waals surface area contributed by atoms with E-state index in [9.17, 15) is 40.5 Å². The van der Waals surface area contributed by atoms with Crippen LogP contribution in [0.5, 0.6) is 0 Å². The molecule has 1 atom stereocenters. The maximum Gasteiger partial charge on any atom is 0.787 e. The van der Waals surface area contributed by atoms with Crippen LogP contribution in [-0.2, 0) is 0 Å². The first-order chi connectivity index (χ1) is 12.1. The van der Waals surface area contributed by atoms with Crippen LogP contribution in [0, 0.1) is 47.4 Å². The predicted octanol–water partition coefficient (Wildman–Crippen LogP) is -1.07. The standard InChI is InChI=1S/C7H5N9O10/c1-2-8-4(11-25-2)3-5(12-26-10-3)9-6(13(17)18)7(14(19)20,15(21)22)16(23)24/h6H,1H3,(H,9,12). The molecule has 2 heterocycles. The van der Waals surface area contributed by atoms with Gasteiger partial charge in [-0.05, 0) is 10.3 Å². The molecule has 138 valence electrons. The molecule has 19 heteroatoms. The number of nitrogens with one attached hydrogen (secondary N) is 1. The van der Waals surface area contributed by atoms with E-state index in [-0.39, 0.29) is 11.7 Å². The molecule has 0 radical (unpaired) electrons. The van der Waals surface area contributed by atoms with E-state index in [1.807, 2.05) is 0 Å². The van der Waals surface area contributed by atoms with Crippen molar-refractivity contribution in [1.82, 2.24) is 20.5 Å². The summed E-state index contributed by atoms with van der Waals surface area (Å²) in [4.78, 5) is 40.2. The average Bonchev–Trinajstić information content (AvgIpc) is 3.14. The summed E-state index contributed by atoms with van der Waals surface area (Å²) in [7, 11) is 0. The summed E-state index contributed by atoms with van der Waals surface area (Å²) in [6.45, 7) is 1.37. The molecule has 0 bridgehead atoms. The van der Waals surface area contributed by atoms with Crippen molar-refractivity contribution in [2.24, 2.45) is 0 Å². The van der Waals surface area contributed by atoms with Gasteiger partial charge in [-0.2, -0.15) is 4.98 Å². The fourth-order valence-electron chi connectivity index (χ4n) is 1.75. The third-order valence-corrected chi connectivity index (χ3v) is 2.89. The number of aromatic nitrogens is 4. The summed E-state index contributed by atoms with van der Waals surface area (Å²) in [6.07, 6.45) is -3.19. The van der Waals surface area contributed by atoms with Gasteiger partial charge in [0.25, 0.3) is 0 Å². The second kappa shape index (κ2) is 6.29. The Hall–Kier alpha value is -4.32. The van der Waals surface area contributed by atoms with Crippen LogP contribution < -0.4 is 5.32 Å². The molecule has 0 aliphatic rings. The van der Waals surface area contributed by atoms with Crippen molar-refractivity contribution in [1.29, 1.82) is 0 Å². The van der Waals surface area contributed by atoms with Crippen molar-refractivity contribution in [2.45, 2.75) is 18.9 Å². The molecule has 19 nitrogen and oxygen atoms in total. The Kier molecular flexibility index (Phi) is 4.36. The van der Waals surface area contributed by atoms with Crippen LogP contribution in [0.2, 0.25) is 0 Å². The zero-order valence-corrected chi connectivity index (χ0v) is 12.2. The highest BCUT2D eigenvalue weighted by Gasteiger charge is 2.84. The zero-order chi connectivity index (χ0) is 19.6. The van der Waals surface area contributed by atoms with Crippen molar-refractivity contribution >= 4 is 5.82 Å². The maximum absolute atomic E-state index is 11.1. The Morgan fingerprint density at radius 2 is 1.58 bits per heavy atom. The van der Waals surface area contributed by atoms with Crippen molar-refractivity contribution < 1.29 is 28.8 Å². The quantitative estimate of drug-likeness (QED) is 0.326. The molecule has 0 fully saturated rings. The largest absolute Gasteiger partial charge is 0.787 e. The molecule has 2 rings (SSSR count). The summed E-state index contributed by atoms with van der Waals surface area (Å²) < 4.78 is 8.89. The lowest BCUT2D eigenvalue weighted by atomic mass is 10.2. The molecular weight excluding hydrogens is 370 g/mol. The smallest absolute Gasteiger partial charge is 0.339 e. The normalized spacial score (nSPS) is 12.3. The van der Waals surface area contributed by atoms with E-state index in [0.717, 1.165) is 0 Å². The summed E-state index contributed by atoms with van der Waals surface area (Å²) >= 11 is 0. The molecule has 0 aromatic carbocycles. The molecule has 1 unspecified atom stereocenters. The van der Waals surface area contributed by atoms with Crippen LogP contribution in [0.15, 0.2) is 9.15 Å². The lowest BCUT2D eigenvalue weighted by Crippen LogP contribution is -2.66. The molecule has 0 saturated heterocycles. The highest BCUT2D eigenvalue weighted by molar-refractivity contribution is 5.64. The van der Waals surface area contributed by atoms with Gasteiger partial charge in [0.2, 0.25) is 17.5 Å².